The van der Waals surface area contributed by atoms with Crippen molar-refractivity contribution < 1.29 is 0 Å². The zero-order chi connectivity index (χ0) is 32.2. The van der Waals surface area contributed by atoms with Crippen molar-refractivity contribution in [3.05, 3.63) is 87.4 Å². The van der Waals surface area contributed by atoms with E-state index in [-0.39, 0.29) is 11.6 Å². The molecule has 2 aromatic carbocycles. The van der Waals surface area contributed by atoms with Gasteiger partial charge in [0.05, 0.1) is 13.1 Å². The first kappa shape index (κ1) is 33.7. The first-order valence-corrected chi connectivity index (χ1v) is 15.8. The van der Waals surface area contributed by atoms with E-state index >= 15 is 0 Å². The van der Waals surface area contributed by atoms with Crippen LogP contribution in [0.15, 0.2) is 53.0 Å². The Balaban J connectivity index is 0.000000174. The molecule has 4 heterocycles. The number of piperazine rings is 2. The number of benzene rings is 2. The van der Waals surface area contributed by atoms with Crippen molar-refractivity contribution in [1.82, 2.24) is 44.6 Å². The molecule has 0 unspecified atom stereocenters. The summed E-state index contributed by atoms with van der Waals surface area (Å²) >= 11 is 3.42. The number of rotatable bonds is 5. The monoisotopic (exact) mass is 672 g/mol. The molecule has 2 aliphatic rings. The highest BCUT2D eigenvalue weighted by molar-refractivity contribution is 9.10. The lowest BCUT2D eigenvalue weighted by molar-refractivity contribution is 0.291. The largest absolute Gasteiger partial charge is 0.369 e. The number of hydrogen-bond acceptors (Lipinski definition) is 10. The number of anilines is 1. The van der Waals surface area contributed by atoms with Gasteiger partial charge in [-0.05, 0) is 63.3 Å². The van der Waals surface area contributed by atoms with Crippen LogP contribution in [-0.4, -0.2) is 106 Å². The van der Waals surface area contributed by atoms with Gasteiger partial charge in [0.25, 0.3) is 11.6 Å². The van der Waals surface area contributed by atoms with Crippen LogP contribution in [0.3, 0.4) is 0 Å². The summed E-state index contributed by atoms with van der Waals surface area (Å²) in [6.07, 6.45) is 0. The van der Waals surface area contributed by atoms with E-state index in [1.807, 2.05) is 50.3 Å². The summed E-state index contributed by atoms with van der Waals surface area (Å²) in [6.45, 7) is 14.0. The maximum Gasteiger partial charge on any atom is 0.252 e. The molecule has 6 rings (SSSR count). The molecule has 13 heteroatoms. The molecule has 0 atom stereocenters. The molecule has 45 heavy (non-hydrogen) atoms. The van der Waals surface area contributed by atoms with Gasteiger partial charge in [0, 0.05) is 62.5 Å². The van der Waals surface area contributed by atoms with Gasteiger partial charge in [-0.3, -0.25) is 0 Å². The molecule has 2 saturated heterocycles. The second-order valence-corrected chi connectivity index (χ2v) is 12.1. The van der Waals surface area contributed by atoms with Gasteiger partial charge < -0.3 is 20.0 Å². The molecule has 4 aromatic rings. The molecule has 0 amide bonds. The van der Waals surface area contributed by atoms with Crippen LogP contribution in [0, 0.1) is 36.5 Å². The van der Waals surface area contributed by atoms with E-state index in [0.29, 0.717) is 13.1 Å². The van der Waals surface area contributed by atoms with Crippen molar-refractivity contribution >= 4 is 21.6 Å². The van der Waals surface area contributed by atoms with Gasteiger partial charge in [0.15, 0.2) is 0 Å². The van der Waals surface area contributed by atoms with Crippen molar-refractivity contribution in [2.75, 3.05) is 71.4 Å². The number of aromatic nitrogens is 6. The molecule has 0 spiro atoms. The number of nitriles is 2. The summed E-state index contributed by atoms with van der Waals surface area (Å²) in [6, 6.07) is 20.4. The topological polar surface area (TPSA) is 131 Å². The molecule has 0 saturated carbocycles. The van der Waals surface area contributed by atoms with Crippen LogP contribution in [0.1, 0.15) is 34.4 Å². The quantitative estimate of drug-likeness (QED) is 0.338. The smallest absolute Gasteiger partial charge is 0.252 e. The summed E-state index contributed by atoms with van der Waals surface area (Å²) < 4.78 is 4.53. The molecule has 2 aromatic heterocycles. The molecule has 0 aliphatic carbocycles. The fraction of sp³-hybridized carbons (Fsp3) is 0.438. The van der Waals surface area contributed by atoms with E-state index in [1.165, 1.54) is 24.3 Å². The molecule has 0 radical (unpaired) electrons. The van der Waals surface area contributed by atoms with E-state index in [1.54, 1.807) is 9.36 Å². The van der Waals surface area contributed by atoms with Crippen LogP contribution in [0.25, 0.3) is 0 Å². The Morgan fingerprint density at radius 3 is 1.71 bits per heavy atom. The van der Waals surface area contributed by atoms with Crippen LogP contribution in [0.2, 0.25) is 0 Å². The first-order valence-electron chi connectivity index (χ1n) is 15.0. The highest BCUT2D eigenvalue weighted by Gasteiger charge is 2.15. The maximum atomic E-state index is 8.88. The number of hydrogen-bond donors (Lipinski definition) is 1. The van der Waals surface area contributed by atoms with Crippen LogP contribution >= 0.6 is 15.9 Å². The molecule has 12 nitrogen and oxygen atoms in total. The Kier molecular flexibility index (Phi) is 12.6. The Morgan fingerprint density at radius 2 is 1.24 bits per heavy atom. The number of nitrogens with zero attached hydrogens (tertiary/aromatic N) is 11. The third-order valence-electron chi connectivity index (χ3n) is 7.59. The highest BCUT2D eigenvalue weighted by atomic mass is 79.9. The number of nitrogens with one attached hydrogen (secondary N) is 1. The predicted octanol–water partition coefficient (Wildman–Crippen LogP) is 3.05. The van der Waals surface area contributed by atoms with Crippen LogP contribution in [-0.2, 0) is 13.1 Å². The summed E-state index contributed by atoms with van der Waals surface area (Å²) in [5, 5.41) is 29.1. The van der Waals surface area contributed by atoms with Crippen LogP contribution in [0.4, 0.5) is 5.69 Å². The number of halogens is 1. The Hall–Kier alpha value is -4.14. The lowest BCUT2D eigenvalue weighted by Crippen LogP contribution is -2.44. The SMILES string of the molecule is CN1CCNCC1.Cc1nc(C#N)nn1Cc1cccc(Br)c1.Cc1nc(C#N)nn1Cc1cccc(N2CCN(C)CC2)c1. The zero-order valence-corrected chi connectivity index (χ0v) is 28.1. The summed E-state index contributed by atoms with van der Waals surface area (Å²) in [4.78, 5) is 15.2. The zero-order valence-electron chi connectivity index (χ0n) is 26.5. The van der Waals surface area contributed by atoms with Crippen LogP contribution in [0.5, 0.6) is 0 Å². The molecule has 236 valence electrons. The molecular formula is C32H41BrN12. The van der Waals surface area contributed by atoms with E-state index in [0.717, 1.165) is 61.0 Å². The minimum absolute atomic E-state index is 0.215. The van der Waals surface area contributed by atoms with Gasteiger partial charge in [-0.1, -0.05) is 40.2 Å². The second kappa shape index (κ2) is 16.8. The van der Waals surface area contributed by atoms with Crippen molar-refractivity contribution in [1.29, 1.82) is 10.5 Å². The van der Waals surface area contributed by atoms with E-state index in [9.17, 15) is 0 Å². The van der Waals surface area contributed by atoms with Gasteiger partial charge in [0.2, 0.25) is 0 Å². The van der Waals surface area contributed by atoms with E-state index in [2.05, 4.69) is 94.5 Å². The predicted molar refractivity (Wildman–Crippen MR) is 178 cm³/mol. The Morgan fingerprint density at radius 1 is 0.733 bits per heavy atom. The standard InChI is InChI=1S/C16H20N6.C11H9BrN4.C5H12N2/c1-13-18-16(11-17)19-22(13)12-14-4-3-5-15(10-14)21-8-6-20(2)7-9-21;1-8-14-11(6-13)15-16(8)7-9-3-2-4-10(12)5-9;1-7-4-2-6-3-5-7/h3-5,10H,6-9,12H2,1-2H3;2-5H,7H2,1H3;6H,2-5H2,1H3. The minimum Gasteiger partial charge on any atom is -0.369 e. The van der Waals surface area contributed by atoms with Gasteiger partial charge in [0.1, 0.15) is 23.8 Å². The average Bonchev–Trinajstić information content (AvgIpc) is 3.59. The van der Waals surface area contributed by atoms with Gasteiger partial charge in [-0.25, -0.2) is 19.3 Å². The van der Waals surface area contributed by atoms with Crippen molar-refractivity contribution in [3.63, 3.8) is 0 Å². The van der Waals surface area contributed by atoms with E-state index < -0.39 is 0 Å². The average molecular weight is 674 g/mol. The fourth-order valence-electron chi connectivity index (χ4n) is 4.91. The molecule has 2 fully saturated rings. The maximum absolute atomic E-state index is 8.88. The molecule has 1 N–H and O–H groups in total. The van der Waals surface area contributed by atoms with Crippen molar-refractivity contribution in [2.24, 2.45) is 0 Å². The minimum atomic E-state index is 0.215. The van der Waals surface area contributed by atoms with Gasteiger partial charge in [-0.2, -0.15) is 10.5 Å². The molecule has 2 aliphatic heterocycles. The third-order valence-corrected chi connectivity index (χ3v) is 8.08. The van der Waals surface area contributed by atoms with Crippen molar-refractivity contribution in [2.45, 2.75) is 26.9 Å². The molecule has 0 bridgehead atoms. The van der Waals surface area contributed by atoms with E-state index in [4.69, 9.17) is 10.5 Å². The van der Waals surface area contributed by atoms with Crippen molar-refractivity contribution in [3.8, 4) is 12.1 Å². The Bertz CT molecular complexity index is 1600. The summed E-state index contributed by atoms with van der Waals surface area (Å²) in [5.74, 6) is 1.96. The Labute approximate surface area is 274 Å². The lowest BCUT2D eigenvalue weighted by Gasteiger charge is -2.34. The number of likely N-dealkylation sites (N-methyl/N-ethyl adjacent to an activating group) is 2. The third kappa shape index (κ3) is 10.5. The highest BCUT2D eigenvalue weighted by Crippen LogP contribution is 2.19. The summed E-state index contributed by atoms with van der Waals surface area (Å²) in [7, 11) is 4.31. The first-order chi connectivity index (χ1) is 21.7. The second-order valence-electron chi connectivity index (χ2n) is 11.1. The van der Waals surface area contributed by atoms with Gasteiger partial charge in [-0.15, -0.1) is 10.2 Å². The lowest BCUT2D eigenvalue weighted by atomic mass is 10.1. The normalized spacial score (nSPS) is 15.2. The number of aryl methyl sites for hydroxylation is 2. The molecular weight excluding hydrogens is 632 g/mol. The van der Waals surface area contributed by atoms with Gasteiger partial charge >= 0.3 is 0 Å². The summed E-state index contributed by atoms with van der Waals surface area (Å²) in [5.41, 5.74) is 3.55. The fourth-order valence-corrected chi connectivity index (χ4v) is 5.35. The van der Waals surface area contributed by atoms with Crippen LogP contribution < -0.4 is 10.2 Å².